The molecule has 8 nitrogen and oxygen atoms in total. The highest BCUT2D eigenvalue weighted by molar-refractivity contribution is 14.0. The maximum Gasteiger partial charge on any atom is 0.233 e. The first kappa shape index (κ1) is 25.1. The van der Waals surface area contributed by atoms with Crippen LogP contribution in [0, 0.1) is 6.92 Å². The maximum atomic E-state index is 11.5. The lowest BCUT2D eigenvalue weighted by molar-refractivity contribution is -0.122. The van der Waals surface area contributed by atoms with E-state index in [1.807, 2.05) is 19.1 Å². The summed E-state index contributed by atoms with van der Waals surface area (Å²) in [6, 6.07) is 8.51. The number of piperidine rings is 1. The second-order valence-corrected chi connectivity index (χ2v) is 7.55. The van der Waals surface area contributed by atoms with E-state index in [0.29, 0.717) is 25.0 Å². The number of oxazole rings is 1. The van der Waals surface area contributed by atoms with E-state index in [0.717, 1.165) is 49.8 Å². The van der Waals surface area contributed by atoms with Crippen LogP contribution >= 0.6 is 24.0 Å². The highest BCUT2D eigenvalue weighted by Crippen LogP contribution is 2.21. The van der Waals surface area contributed by atoms with E-state index < -0.39 is 0 Å². The average Bonchev–Trinajstić information content (AvgIpc) is 3.23. The number of likely N-dealkylation sites (tertiary alicyclic amines) is 1. The molecule has 170 valence electrons. The van der Waals surface area contributed by atoms with Crippen molar-refractivity contribution in [1.29, 1.82) is 0 Å². The number of rotatable bonds is 7. The Bertz CT molecular complexity index is 844. The highest BCUT2D eigenvalue weighted by atomic mass is 127. The normalized spacial score (nSPS) is 15.3. The van der Waals surface area contributed by atoms with Crippen LogP contribution in [-0.2, 0) is 11.3 Å². The van der Waals surface area contributed by atoms with E-state index in [9.17, 15) is 4.79 Å². The number of nitrogens with one attached hydrogen (secondary N) is 3. The predicted molar refractivity (Wildman–Crippen MR) is 134 cm³/mol. The Morgan fingerprint density at radius 2 is 1.97 bits per heavy atom. The first-order chi connectivity index (χ1) is 14.6. The summed E-state index contributed by atoms with van der Waals surface area (Å²) in [5.74, 6) is 2.16. The minimum absolute atomic E-state index is 0. The third-order valence-corrected chi connectivity index (χ3v) is 5.18. The van der Waals surface area contributed by atoms with Crippen LogP contribution in [0.2, 0.25) is 0 Å². The summed E-state index contributed by atoms with van der Waals surface area (Å²) in [5, 5.41) is 9.47. The Morgan fingerprint density at radius 1 is 1.26 bits per heavy atom. The standard InChI is InChI=1S/C22H32N6O2.HI/c1-4-24-22(27-18-9-11-28(12-10-18)15-20(29)23-3)26-14-21-25-13-19(30-21)17-7-5-16(2)6-8-17;/h5-8,13,18H,4,9-12,14-15H2,1-3H3,(H,23,29)(H2,24,26,27);1H. The zero-order valence-corrected chi connectivity index (χ0v) is 20.8. The molecule has 0 bridgehead atoms. The number of carbonyl (C=O) groups excluding carboxylic acids is 1. The van der Waals surface area contributed by atoms with Gasteiger partial charge in [0.25, 0.3) is 0 Å². The molecule has 2 aromatic rings. The fourth-order valence-corrected chi connectivity index (χ4v) is 3.41. The molecule has 3 rings (SSSR count). The minimum atomic E-state index is 0. The van der Waals surface area contributed by atoms with Gasteiger partial charge in [0.2, 0.25) is 11.8 Å². The predicted octanol–water partition coefficient (Wildman–Crippen LogP) is 2.53. The lowest BCUT2D eigenvalue weighted by Crippen LogP contribution is -2.50. The molecular weight excluding hydrogens is 507 g/mol. The van der Waals surface area contributed by atoms with E-state index in [2.05, 4.69) is 49.9 Å². The molecule has 9 heteroatoms. The first-order valence-corrected chi connectivity index (χ1v) is 10.6. The number of guanidine groups is 1. The third-order valence-electron chi connectivity index (χ3n) is 5.18. The van der Waals surface area contributed by atoms with E-state index in [-0.39, 0.29) is 29.9 Å². The number of carbonyl (C=O) groups is 1. The number of aliphatic imine (C=N–C) groups is 1. The molecule has 0 spiro atoms. The van der Waals surface area contributed by atoms with Crippen LogP contribution in [0.4, 0.5) is 0 Å². The van der Waals surface area contributed by atoms with Crippen LogP contribution in [0.5, 0.6) is 0 Å². The number of amides is 1. The summed E-state index contributed by atoms with van der Waals surface area (Å²) >= 11 is 0. The molecule has 0 unspecified atom stereocenters. The summed E-state index contributed by atoms with van der Waals surface area (Å²) in [5.41, 5.74) is 2.22. The van der Waals surface area contributed by atoms with Gasteiger partial charge in [-0.25, -0.2) is 9.98 Å². The van der Waals surface area contributed by atoms with Crippen molar-refractivity contribution in [2.45, 2.75) is 39.3 Å². The van der Waals surface area contributed by atoms with Crippen molar-refractivity contribution >= 4 is 35.8 Å². The Balaban J connectivity index is 0.00000341. The minimum Gasteiger partial charge on any atom is -0.439 e. The number of aryl methyl sites for hydroxylation is 1. The first-order valence-electron chi connectivity index (χ1n) is 10.6. The summed E-state index contributed by atoms with van der Waals surface area (Å²) in [6.45, 7) is 7.51. The molecule has 1 aliphatic rings. The van der Waals surface area contributed by atoms with Crippen molar-refractivity contribution in [2.75, 3.05) is 33.2 Å². The van der Waals surface area contributed by atoms with Crippen LogP contribution < -0.4 is 16.0 Å². The van der Waals surface area contributed by atoms with Crippen LogP contribution in [0.15, 0.2) is 39.9 Å². The second-order valence-electron chi connectivity index (χ2n) is 7.55. The summed E-state index contributed by atoms with van der Waals surface area (Å²) in [4.78, 5) is 22.7. The van der Waals surface area contributed by atoms with Gasteiger partial charge >= 0.3 is 0 Å². The molecule has 2 heterocycles. The smallest absolute Gasteiger partial charge is 0.233 e. The summed E-state index contributed by atoms with van der Waals surface area (Å²) < 4.78 is 5.87. The Labute approximate surface area is 201 Å². The van der Waals surface area contributed by atoms with E-state index in [1.54, 1.807) is 13.2 Å². The van der Waals surface area contributed by atoms with E-state index >= 15 is 0 Å². The number of benzene rings is 1. The maximum absolute atomic E-state index is 11.5. The highest BCUT2D eigenvalue weighted by Gasteiger charge is 2.21. The molecule has 1 aromatic heterocycles. The molecule has 0 atom stereocenters. The van der Waals surface area contributed by atoms with Crippen LogP contribution in [-0.4, -0.2) is 61.0 Å². The lowest BCUT2D eigenvalue weighted by Gasteiger charge is -2.32. The number of hydrogen-bond acceptors (Lipinski definition) is 5. The number of nitrogens with zero attached hydrogens (tertiary/aromatic N) is 3. The SMILES string of the molecule is CCNC(=NCc1ncc(-c2ccc(C)cc2)o1)NC1CCN(CC(=O)NC)CC1.I. The Kier molecular flexibility index (Phi) is 10.3. The van der Waals surface area contributed by atoms with Crippen molar-refractivity contribution in [3.63, 3.8) is 0 Å². The van der Waals surface area contributed by atoms with Gasteiger partial charge in [-0.3, -0.25) is 9.69 Å². The van der Waals surface area contributed by atoms with Gasteiger partial charge in [-0.1, -0.05) is 29.8 Å². The van der Waals surface area contributed by atoms with Crippen molar-refractivity contribution in [3.05, 3.63) is 41.9 Å². The van der Waals surface area contributed by atoms with Gasteiger partial charge in [0.15, 0.2) is 11.7 Å². The quantitative estimate of drug-likeness (QED) is 0.284. The number of aromatic nitrogens is 1. The summed E-state index contributed by atoms with van der Waals surface area (Å²) in [7, 11) is 1.67. The molecule has 3 N–H and O–H groups in total. The third kappa shape index (κ3) is 7.80. The Hall–Kier alpha value is -2.14. The zero-order valence-electron chi connectivity index (χ0n) is 18.5. The second kappa shape index (κ2) is 12.7. The molecule has 0 aliphatic carbocycles. The van der Waals surface area contributed by atoms with Crippen LogP contribution in [0.1, 0.15) is 31.2 Å². The molecule has 1 saturated heterocycles. The molecule has 1 aromatic carbocycles. The molecule has 1 amide bonds. The molecular formula is C22H33IN6O2. The summed E-state index contributed by atoms with van der Waals surface area (Å²) in [6.07, 6.45) is 3.69. The lowest BCUT2D eigenvalue weighted by atomic mass is 10.1. The zero-order chi connectivity index (χ0) is 21.3. The molecule has 1 fully saturated rings. The fraction of sp³-hybridized carbons (Fsp3) is 0.500. The van der Waals surface area contributed by atoms with Gasteiger partial charge < -0.3 is 20.4 Å². The van der Waals surface area contributed by atoms with Crippen LogP contribution in [0.3, 0.4) is 0 Å². The van der Waals surface area contributed by atoms with Crippen molar-refractivity contribution < 1.29 is 9.21 Å². The fourth-order valence-electron chi connectivity index (χ4n) is 3.41. The molecule has 1 aliphatic heterocycles. The average molecular weight is 540 g/mol. The Morgan fingerprint density at radius 3 is 2.61 bits per heavy atom. The van der Waals surface area contributed by atoms with Gasteiger partial charge in [0.05, 0.1) is 12.7 Å². The largest absolute Gasteiger partial charge is 0.439 e. The number of halogens is 1. The van der Waals surface area contributed by atoms with Gasteiger partial charge in [0, 0.05) is 38.3 Å². The van der Waals surface area contributed by atoms with Gasteiger partial charge in [0.1, 0.15) is 6.54 Å². The van der Waals surface area contributed by atoms with Crippen LogP contribution in [0.25, 0.3) is 11.3 Å². The van der Waals surface area contributed by atoms with Crippen molar-refractivity contribution in [2.24, 2.45) is 4.99 Å². The van der Waals surface area contributed by atoms with E-state index in [1.165, 1.54) is 5.56 Å². The monoisotopic (exact) mass is 540 g/mol. The van der Waals surface area contributed by atoms with Crippen molar-refractivity contribution in [1.82, 2.24) is 25.8 Å². The molecule has 0 radical (unpaired) electrons. The van der Waals surface area contributed by atoms with Gasteiger partial charge in [-0.2, -0.15) is 0 Å². The van der Waals surface area contributed by atoms with E-state index in [4.69, 9.17) is 4.42 Å². The number of likely N-dealkylation sites (N-methyl/N-ethyl adjacent to an activating group) is 1. The van der Waals surface area contributed by atoms with Gasteiger partial charge in [-0.05, 0) is 26.7 Å². The number of hydrogen-bond donors (Lipinski definition) is 3. The van der Waals surface area contributed by atoms with Gasteiger partial charge in [-0.15, -0.1) is 24.0 Å². The molecule has 31 heavy (non-hydrogen) atoms. The topological polar surface area (TPSA) is 94.8 Å². The van der Waals surface area contributed by atoms with Crippen molar-refractivity contribution in [3.8, 4) is 11.3 Å². The molecule has 0 saturated carbocycles.